The van der Waals surface area contributed by atoms with Crippen LogP contribution in [0.5, 0.6) is 5.75 Å². The van der Waals surface area contributed by atoms with E-state index in [1.807, 2.05) is 24.3 Å². The number of benzene rings is 1. The molecule has 0 aliphatic rings. The topological polar surface area (TPSA) is 29.5 Å². The van der Waals surface area contributed by atoms with Gasteiger partial charge in [0, 0.05) is 4.48 Å². The van der Waals surface area contributed by atoms with Crippen LogP contribution in [0.4, 0.5) is 0 Å². The van der Waals surface area contributed by atoms with Crippen LogP contribution in [0.3, 0.4) is 0 Å². The van der Waals surface area contributed by atoms with Gasteiger partial charge in [0.05, 0.1) is 6.10 Å². The predicted molar refractivity (Wildman–Crippen MR) is 70.0 cm³/mol. The third-order valence-corrected chi connectivity index (χ3v) is 2.40. The Labute approximate surface area is 105 Å². The van der Waals surface area contributed by atoms with Crippen LogP contribution in [-0.2, 0) is 6.42 Å². The molecular weight excluding hydrogens is 268 g/mol. The summed E-state index contributed by atoms with van der Waals surface area (Å²) in [7, 11) is 0. The lowest BCUT2D eigenvalue weighted by atomic mass is 10.1. The van der Waals surface area contributed by atoms with Crippen molar-refractivity contribution in [2.24, 2.45) is 0 Å². The molecule has 0 bridgehead atoms. The summed E-state index contributed by atoms with van der Waals surface area (Å²) in [5.74, 6) is 0.835. The van der Waals surface area contributed by atoms with Crippen LogP contribution >= 0.6 is 15.9 Å². The molecule has 0 spiro atoms. The molecule has 88 valence electrons. The Bertz CT molecular complexity index is 330. The summed E-state index contributed by atoms with van der Waals surface area (Å²) in [6, 6.07) is 7.92. The average Bonchev–Trinajstić information content (AvgIpc) is 2.25. The first-order chi connectivity index (χ1) is 7.58. The van der Waals surface area contributed by atoms with Crippen LogP contribution in [0, 0.1) is 0 Å². The summed E-state index contributed by atoms with van der Waals surface area (Å²) in [6.45, 7) is 5.98. The van der Waals surface area contributed by atoms with Crippen molar-refractivity contribution in [2.75, 3.05) is 6.61 Å². The van der Waals surface area contributed by atoms with Gasteiger partial charge in [-0.3, -0.25) is 0 Å². The van der Waals surface area contributed by atoms with E-state index in [1.165, 1.54) is 5.56 Å². The quantitative estimate of drug-likeness (QED) is 0.869. The van der Waals surface area contributed by atoms with E-state index in [2.05, 4.69) is 22.5 Å². The normalized spacial score (nSPS) is 12.2. The van der Waals surface area contributed by atoms with Gasteiger partial charge in [0.15, 0.2) is 0 Å². The molecular formula is C13H17BrO2. The molecule has 0 aromatic heterocycles. The predicted octanol–water partition coefficient (Wildman–Crippen LogP) is 3.29. The van der Waals surface area contributed by atoms with Gasteiger partial charge in [-0.25, -0.2) is 0 Å². The Morgan fingerprint density at radius 3 is 2.56 bits per heavy atom. The van der Waals surface area contributed by atoms with Crippen LogP contribution in [0.2, 0.25) is 0 Å². The Morgan fingerprint density at radius 1 is 1.44 bits per heavy atom. The van der Waals surface area contributed by atoms with Crippen molar-refractivity contribution in [1.29, 1.82) is 0 Å². The van der Waals surface area contributed by atoms with Gasteiger partial charge in [-0.1, -0.05) is 34.6 Å². The Morgan fingerprint density at radius 2 is 2.06 bits per heavy atom. The molecule has 0 saturated carbocycles. The second kappa shape index (κ2) is 6.71. The SMILES string of the molecule is C=C(Br)COc1ccc(CCC(C)O)cc1. The molecule has 0 heterocycles. The van der Waals surface area contributed by atoms with Gasteiger partial charge in [-0.15, -0.1) is 0 Å². The van der Waals surface area contributed by atoms with Gasteiger partial charge in [0.2, 0.25) is 0 Å². The third-order valence-electron chi connectivity index (χ3n) is 2.17. The number of halogens is 1. The Balaban J connectivity index is 2.44. The first kappa shape index (κ1) is 13.3. The average molecular weight is 285 g/mol. The standard InChI is InChI=1S/C13H17BrO2/c1-10(14)9-16-13-7-5-12(6-8-13)4-3-11(2)15/h5-8,11,15H,1,3-4,9H2,2H3. The molecule has 1 rings (SSSR count). The highest BCUT2D eigenvalue weighted by molar-refractivity contribution is 9.11. The molecule has 1 atom stereocenters. The minimum atomic E-state index is -0.243. The van der Waals surface area contributed by atoms with E-state index in [0.717, 1.165) is 23.1 Å². The molecule has 0 aliphatic heterocycles. The lowest BCUT2D eigenvalue weighted by Gasteiger charge is -2.07. The number of ether oxygens (including phenoxy) is 1. The zero-order chi connectivity index (χ0) is 12.0. The number of rotatable bonds is 6. The molecule has 1 aromatic rings. The molecule has 3 heteroatoms. The first-order valence-electron chi connectivity index (χ1n) is 5.31. The molecule has 1 N–H and O–H groups in total. The van der Waals surface area contributed by atoms with Crippen molar-refractivity contribution >= 4 is 15.9 Å². The fourth-order valence-corrected chi connectivity index (χ4v) is 1.40. The molecule has 0 radical (unpaired) electrons. The summed E-state index contributed by atoms with van der Waals surface area (Å²) in [5, 5.41) is 9.17. The van der Waals surface area contributed by atoms with Crippen LogP contribution in [0.15, 0.2) is 35.3 Å². The summed E-state index contributed by atoms with van der Waals surface area (Å²) >= 11 is 3.24. The van der Waals surface area contributed by atoms with E-state index >= 15 is 0 Å². The van der Waals surface area contributed by atoms with E-state index in [-0.39, 0.29) is 6.10 Å². The second-order valence-corrected chi connectivity index (χ2v) is 4.96. The lowest BCUT2D eigenvalue weighted by molar-refractivity contribution is 0.185. The Kier molecular flexibility index (Phi) is 5.56. The highest BCUT2D eigenvalue weighted by Gasteiger charge is 1.99. The van der Waals surface area contributed by atoms with Gasteiger partial charge in [-0.05, 0) is 37.5 Å². The van der Waals surface area contributed by atoms with Gasteiger partial charge < -0.3 is 9.84 Å². The molecule has 0 fully saturated rings. The first-order valence-corrected chi connectivity index (χ1v) is 6.10. The highest BCUT2D eigenvalue weighted by Crippen LogP contribution is 2.15. The highest BCUT2D eigenvalue weighted by atomic mass is 79.9. The monoisotopic (exact) mass is 284 g/mol. The van der Waals surface area contributed by atoms with Gasteiger partial charge in [0.25, 0.3) is 0 Å². The van der Waals surface area contributed by atoms with Gasteiger partial charge >= 0.3 is 0 Å². The fraction of sp³-hybridized carbons (Fsp3) is 0.385. The van der Waals surface area contributed by atoms with Crippen molar-refractivity contribution in [1.82, 2.24) is 0 Å². The zero-order valence-electron chi connectivity index (χ0n) is 9.45. The smallest absolute Gasteiger partial charge is 0.119 e. The van der Waals surface area contributed by atoms with Crippen molar-refractivity contribution in [3.63, 3.8) is 0 Å². The van der Waals surface area contributed by atoms with Crippen LogP contribution in [0.1, 0.15) is 18.9 Å². The summed E-state index contributed by atoms with van der Waals surface area (Å²) in [5.41, 5.74) is 1.21. The number of hydrogen-bond donors (Lipinski definition) is 1. The van der Waals surface area contributed by atoms with Crippen molar-refractivity contribution in [2.45, 2.75) is 25.9 Å². The van der Waals surface area contributed by atoms with E-state index in [4.69, 9.17) is 4.74 Å². The number of hydrogen-bond acceptors (Lipinski definition) is 2. The van der Waals surface area contributed by atoms with E-state index in [0.29, 0.717) is 6.61 Å². The van der Waals surface area contributed by atoms with Crippen LogP contribution in [0.25, 0.3) is 0 Å². The maximum Gasteiger partial charge on any atom is 0.119 e. The van der Waals surface area contributed by atoms with Gasteiger partial charge in [-0.2, -0.15) is 0 Å². The second-order valence-electron chi connectivity index (χ2n) is 3.84. The van der Waals surface area contributed by atoms with E-state index < -0.39 is 0 Å². The number of aliphatic hydroxyl groups excluding tert-OH is 1. The molecule has 2 nitrogen and oxygen atoms in total. The molecule has 1 aromatic carbocycles. The number of aliphatic hydroxyl groups is 1. The summed E-state index contributed by atoms with van der Waals surface area (Å²) < 4.78 is 6.28. The Hall–Kier alpha value is -0.800. The molecule has 0 aliphatic carbocycles. The summed E-state index contributed by atoms with van der Waals surface area (Å²) in [4.78, 5) is 0. The number of aryl methyl sites for hydroxylation is 1. The lowest BCUT2D eigenvalue weighted by Crippen LogP contribution is -2.01. The molecule has 16 heavy (non-hydrogen) atoms. The van der Waals surface area contributed by atoms with E-state index in [1.54, 1.807) is 6.92 Å². The minimum absolute atomic E-state index is 0.243. The maximum atomic E-state index is 9.17. The molecule has 0 amide bonds. The largest absolute Gasteiger partial charge is 0.488 e. The van der Waals surface area contributed by atoms with Crippen LogP contribution in [-0.4, -0.2) is 17.8 Å². The fourth-order valence-electron chi connectivity index (χ4n) is 1.29. The van der Waals surface area contributed by atoms with Crippen molar-refractivity contribution in [3.05, 3.63) is 40.9 Å². The summed E-state index contributed by atoms with van der Waals surface area (Å²) in [6.07, 6.45) is 1.44. The van der Waals surface area contributed by atoms with Crippen LogP contribution < -0.4 is 4.74 Å². The molecule has 0 saturated heterocycles. The minimum Gasteiger partial charge on any atom is -0.488 e. The third kappa shape index (κ3) is 5.33. The maximum absolute atomic E-state index is 9.17. The van der Waals surface area contributed by atoms with Crippen molar-refractivity contribution in [3.8, 4) is 5.75 Å². The zero-order valence-corrected chi connectivity index (χ0v) is 11.0. The molecule has 1 unspecified atom stereocenters. The van der Waals surface area contributed by atoms with Crippen molar-refractivity contribution < 1.29 is 9.84 Å². The van der Waals surface area contributed by atoms with Gasteiger partial charge in [0.1, 0.15) is 12.4 Å². The van der Waals surface area contributed by atoms with E-state index in [9.17, 15) is 5.11 Å².